The number of amides is 2. The number of aromatic nitrogens is 2. The molecule has 0 N–H and O–H groups in total. The molecular formula is C18H15N3O2. The van der Waals surface area contributed by atoms with E-state index in [2.05, 4.69) is 11.0 Å². The molecule has 5 heteroatoms. The molecule has 114 valence electrons. The molecule has 0 radical (unpaired) electrons. The van der Waals surface area contributed by atoms with Crippen LogP contribution >= 0.6 is 0 Å². The first-order valence-corrected chi connectivity index (χ1v) is 7.70. The summed E-state index contributed by atoms with van der Waals surface area (Å²) in [6.45, 7) is 0.389. The summed E-state index contributed by atoms with van der Waals surface area (Å²) >= 11 is 0. The molecule has 0 atom stereocenters. The van der Waals surface area contributed by atoms with Gasteiger partial charge in [-0.1, -0.05) is 5.92 Å². The largest absolute Gasteiger partial charge is 0.269 e. The van der Waals surface area contributed by atoms with Crippen LogP contribution in [0.3, 0.4) is 0 Å². The highest BCUT2D eigenvalue weighted by Gasteiger charge is 2.39. The molecule has 5 nitrogen and oxygen atoms in total. The van der Waals surface area contributed by atoms with E-state index in [0.717, 1.165) is 23.7 Å². The number of rotatable bonds is 2. The normalized spacial score (nSPS) is 17.8. The summed E-state index contributed by atoms with van der Waals surface area (Å²) in [6.07, 6.45) is 10.4. The third kappa shape index (κ3) is 1.99. The minimum atomic E-state index is -0.167. The van der Waals surface area contributed by atoms with Crippen molar-refractivity contribution in [1.29, 1.82) is 0 Å². The maximum atomic E-state index is 12.6. The molecule has 1 aromatic carbocycles. The minimum absolute atomic E-state index is 0.167. The van der Waals surface area contributed by atoms with Gasteiger partial charge in [0.25, 0.3) is 11.8 Å². The van der Waals surface area contributed by atoms with Crippen molar-refractivity contribution in [1.82, 2.24) is 9.78 Å². The lowest BCUT2D eigenvalue weighted by atomic mass is 9.93. The predicted octanol–water partition coefficient (Wildman–Crippen LogP) is 2.41. The first-order valence-electron chi connectivity index (χ1n) is 7.70. The zero-order chi connectivity index (χ0) is 16.0. The first kappa shape index (κ1) is 13.8. The van der Waals surface area contributed by atoms with Crippen LogP contribution in [0.5, 0.6) is 0 Å². The van der Waals surface area contributed by atoms with Crippen LogP contribution in [0, 0.1) is 12.3 Å². The highest BCUT2D eigenvalue weighted by molar-refractivity contribution is 6.33. The predicted molar refractivity (Wildman–Crippen MR) is 86.6 cm³/mol. The van der Waals surface area contributed by atoms with Gasteiger partial charge in [0.2, 0.25) is 0 Å². The van der Waals surface area contributed by atoms with Crippen molar-refractivity contribution in [3.63, 3.8) is 0 Å². The smallest absolute Gasteiger partial charge is 0.261 e. The van der Waals surface area contributed by atoms with Crippen LogP contribution in [0.2, 0.25) is 0 Å². The zero-order valence-corrected chi connectivity index (χ0v) is 12.6. The SMILES string of the molecule is C#CCn1ncc2cc(N3C(=O)C4=C(CCCC4)C3=O)ccc21. The molecule has 2 heterocycles. The van der Waals surface area contributed by atoms with Crippen molar-refractivity contribution in [2.75, 3.05) is 4.90 Å². The lowest BCUT2D eigenvalue weighted by Crippen LogP contribution is -2.31. The van der Waals surface area contributed by atoms with Crippen LogP contribution in [0.15, 0.2) is 35.5 Å². The van der Waals surface area contributed by atoms with E-state index in [1.54, 1.807) is 16.9 Å². The summed E-state index contributed by atoms with van der Waals surface area (Å²) in [5.74, 6) is 2.22. The molecule has 0 bridgehead atoms. The van der Waals surface area contributed by atoms with E-state index >= 15 is 0 Å². The van der Waals surface area contributed by atoms with Gasteiger partial charge in [-0.05, 0) is 43.9 Å². The van der Waals surface area contributed by atoms with Crippen molar-refractivity contribution >= 4 is 28.4 Å². The van der Waals surface area contributed by atoms with Crippen LogP contribution in [0.25, 0.3) is 10.9 Å². The van der Waals surface area contributed by atoms with Crippen molar-refractivity contribution in [2.45, 2.75) is 32.2 Å². The summed E-state index contributed by atoms with van der Waals surface area (Å²) < 4.78 is 1.72. The van der Waals surface area contributed by atoms with Crippen LogP contribution < -0.4 is 4.90 Å². The molecular weight excluding hydrogens is 290 g/mol. The fourth-order valence-corrected chi connectivity index (χ4v) is 3.40. The first-order chi connectivity index (χ1) is 11.2. The van der Waals surface area contributed by atoms with Crippen LogP contribution in [-0.2, 0) is 16.1 Å². The summed E-state index contributed by atoms with van der Waals surface area (Å²) in [5.41, 5.74) is 2.89. The Bertz CT molecular complexity index is 886. The van der Waals surface area contributed by atoms with Crippen molar-refractivity contribution < 1.29 is 9.59 Å². The topological polar surface area (TPSA) is 55.2 Å². The van der Waals surface area contributed by atoms with Gasteiger partial charge in [-0.25, -0.2) is 4.90 Å². The van der Waals surface area contributed by atoms with E-state index in [9.17, 15) is 9.59 Å². The maximum absolute atomic E-state index is 12.6. The van der Waals surface area contributed by atoms with E-state index in [1.165, 1.54) is 4.90 Å². The van der Waals surface area contributed by atoms with E-state index in [4.69, 9.17) is 6.42 Å². The molecule has 1 aliphatic heterocycles. The Morgan fingerprint density at radius 2 is 1.83 bits per heavy atom. The van der Waals surface area contributed by atoms with Gasteiger partial charge in [0.1, 0.15) is 6.54 Å². The van der Waals surface area contributed by atoms with E-state index < -0.39 is 0 Å². The zero-order valence-electron chi connectivity index (χ0n) is 12.6. The molecule has 2 aromatic rings. The Hall–Kier alpha value is -2.87. The molecule has 0 unspecified atom stereocenters. The number of nitrogens with zero attached hydrogens (tertiary/aromatic N) is 3. The number of hydrogen-bond acceptors (Lipinski definition) is 3. The number of imide groups is 1. The minimum Gasteiger partial charge on any atom is -0.269 e. The second kappa shape index (κ2) is 5.10. The Kier molecular flexibility index (Phi) is 3.05. The third-order valence-corrected chi connectivity index (χ3v) is 4.51. The van der Waals surface area contributed by atoms with Gasteiger partial charge in [0, 0.05) is 16.5 Å². The summed E-state index contributed by atoms with van der Waals surface area (Å²) in [5, 5.41) is 5.10. The molecule has 2 amide bonds. The van der Waals surface area contributed by atoms with Crippen LogP contribution in [-0.4, -0.2) is 21.6 Å². The van der Waals surface area contributed by atoms with Gasteiger partial charge in [0.15, 0.2) is 0 Å². The van der Waals surface area contributed by atoms with E-state index in [-0.39, 0.29) is 11.8 Å². The summed E-state index contributed by atoms with van der Waals surface area (Å²) in [6, 6.07) is 5.46. The lowest BCUT2D eigenvalue weighted by molar-refractivity contribution is -0.120. The molecule has 2 aliphatic rings. The second-order valence-electron chi connectivity index (χ2n) is 5.86. The Balaban J connectivity index is 1.74. The monoisotopic (exact) mass is 305 g/mol. The van der Waals surface area contributed by atoms with Crippen molar-refractivity contribution in [3.05, 3.63) is 35.5 Å². The number of terminal acetylenes is 1. The second-order valence-corrected chi connectivity index (χ2v) is 5.86. The van der Waals surface area contributed by atoms with Gasteiger partial charge >= 0.3 is 0 Å². The van der Waals surface area contributed by atoms with Gasteiger partial charge in [0.05, 0.1) is 17.4 Å². The molecule has 4 rings (SSSR count). The molecule has 1 aromatic heterocycles. The third-order valence-electron chi connectivity index (χ3n) is 4.51. The molecule has 0 fully saturated rings. The van der Waals surface area contributed by atoms with Gasteiger partial charge < -0.3 is 0 Å². The Morgan fingerprint density at radius 3 is 2.48 bits per heavy atom. The van der Waals surface area contributed by atoms with Crippen molar-refractivity contribution in [3.8, 4) is 12.3 Å². The summed E-state index contributed by atoms with van der Waals surface area (Å²) in [7, 11) is 0. The quantitative estimate of drug-likeness (QED) is 0.632. The van der Waals surface area contributed by atoms with Gasteiger partial charge in [-0.3, -0.25) is 14.3 Å². The molecule has 1 aliphatic carbocycles. The Labute approximate surface area is 133 Å². The number of fused-ring (bicyclic) bond motifs is 1. The van der Waals surface area contributed by atoms with Gasteiger partial charge in [-0.15, -0.1) is 6.42 Å². The van der Waals surface area contributed by atoms with E-state index in [1.807, 2.05) is 12.1 Å². The standard InChI is InChI=1S/C18H15N3O2/c1-2-9-20-16-8-7-13(10-12(16)11-19-20)21-17(22)14-5-3-4-6-15(14)18(21)23/h1,7-8,10-11H,3-6,9H2. The van der Waals surface area contributed by atoms with Crippen molar-refractivity contribution in [2.24, 2.45) is 0 Å². The average Bonchev–Trinajstić information content (AvgIpc) is 3.08. The highest BCUT2D eigenvalue weighted by Crippen LogP contribution is 2.36. The molecule has 23 heavy (non-hydrogen) atoms. The van der Waals surface area contributed by atoms with Gasteiger partial charge in [-0.2, -0.15) is 5.10 Å². The number of carbonyl (C=O) groups excluding carboxylic acids is 2. The van der Waals surface area contributed by atoms with Crippen LogP contribution in [0.4, 0.5) is 5.69 Å². The fraction of sp³-hybridized carbons (Fsp3) is 0.278. The number of benzene rings is 1. The summed E-state index contributed by atoms with van der Waals surface area (Å²) in [4.78, 5) is 26.5. The molecule has 0 spiro atoms. The molecule has 0 saturated carbocycles. The van der Waals surface area contributed by atoms with E-state index in [0.29, 0.717) is 36.2 Å². The fourth-order valence-electron chi connectivity index (χ4n) is 3.40. The lowest BCUT2D eigenvalue weighted by Gasteiger charge is -2.15. The number of carbonyl (C=O) groups is 2. The highest BCUT2D eigenvalue weighted by atomic mass is 16.2. The number of anilines is 1. The van der Waals surface area contributed by atoms with Crippen LogP contribution in [0.1, 0.15) is 25.7 Å². The Morgan fingerprint density at radius 1 is 1.13 bits per heavy atom. The maximum Gasteiger partial charge on any atom is 0.261 e. The average molecular weight is 305 g/mol. The molecule has 0 saturated heterocycles. The number of hydrogen-bond donors (Lipinski definition) is 0.